The molecule has 0 spiro atoms. The third-order valence-corrected chi connectivity index (χ3v) is 3.16. The van der Waals surface area contributed by atoms with E-state index in [0.29, 0.717) is 36.5 Å². The second-order valence-corrected chi connectivity index (χ2v) is 5.06. The number of nitrogens with one attached hydrogen (secondary N) is 2. The Labute approximate surface area is 144 Å². The molecule has 2 aromatic heterocycles. The number of anilines is 3. The van der Waals surface area contributed by atoms with Gasteiger partial charge in [0.25, 0.3) is 0 Å². The van der Waals surface area contributed by atoms with Crippen molar-refractivity contribution in [2.45, 2.75) is 6.92 Å². The van der Waals surface area contributed by atoms with Gasteiger partial charge in [-0.25, -0.2) is 0 Å². The zero-order valence-electron chi connectivity index (χ0n) is 13.9. The molecule has 0 saturated carbocycles. The maximum absolute atomic E-state index is 5.62. The normalized spacial score (nSPS) is 10.3. The van der Waals surface area contributed by atoms with E-state index in [0.717, 1.165) is 11.5 Å². The van der Waals surface area contributed by atoms with Crippen LogP contribution in [0.25, 0.3) is 0 Å². The average Bonchev–Trinajstić information content (AvgIpc) is 3.04. The van der Waals surface area contributed by atoms with Crippen molar-refractivity contribution < 1.29 is 14.0 Å². The number of rotatable bonds is 8. The second kappa shape index (κ2) is 7.95. The van der Waals surface area contributed by atoms with Gasteiger partial charge in [0, 0.05) is 6.07 Å². The lowest BCUT2D eigenvalue weighted by Gasteiger charge is -2.08. The molecule has 25 heavy (non-hydrogen) atoms. The summed E-state index contributed by atoms with van der Waals surface area (Å²) in [5.41, 5.74) is 0. The van der Waals surface area contributed by atoms with E-state index in [1.54, 1.807) is 13.2 Å². The van der Waals surface area contributed by atoms with Crippen LogP contribution >= 0.6 is 0 Å². The van der Waals surface area contributed by atoms with Crippen LogP contribution in [0.5, 0.6) is 11.5 Å². The van der Waals surface area contributed by atoms with Crippen LogP contribution in [0.15, 0.2) is 41.1 Å². The molecule has 0 fully saturated rings. The summed E-state index contributed by atoms with van der Waals surface area (Å²) in [6, 6.07) is 9.15. The van der Waals surface area contributed by atoms with Crippen LogP contribution in [0.2, 0.25) is 0 Å². The maximum Gasteiger partial charge on any atom is 0.244 e. The topological polar surface area (TPSA) is 107 Å². The Bertz CT molecular complexity index is 806. The van der Waals surface area contributed by atoms with E-state index in [2.05, 4.69) is 31.0 Å². The summed E-state index contributed by atoms with van der Waals surface area (Å²) in [6.07, 6.45) is 1.50. The lowest BCUT2D eigenvalue weighted by molar-refractivity contribution is 0.331. The predicted octanol–water partition coefficient (Wildman–Crippen LogP) is 2.41. The SMILES string of the molecule is COc1ccc(OCCNc2nncc(Nc3cc(C)on3)n2)cc1. The van der Waals surface area contributed by atoms with Crippen molar-refractivity contribution in [3.05, 3.63) is 42.3 Å². The molecule has 3 aromatic rings. The molecule has 1 aromatic carbocycles. The van der Waals surface area contributed by atoms with Gasteiger partial charge in [-0.2, -0.15) is 10.1 Å². The molecule has 130 valence electrons. The molecule has 3 rings (SSSR count). The van der Waals surface area contributed by atoms with E-state index < -0.39 is 0 Å². The van der Waals surface area contributed by atoms with Crippen LogP contribution < -0.4 is 20.1 Å². The molecule has 0 aliphatic carbocycles. The van der Waals surface area contributed by atoms with E-state index in [4.69, 9.17) is 14.0 Å². The number of methoxy groups -OCH3 is 1. The molecule has 9 heteroatoms. The summed E-state index contributed by atoms with van der Waals surface area (Å²) in [7, 11) is 1.63. The van der Waals surface area contributed by atoms with E-state index in [9.17, 15) is 0 Å². The first-order valence-electron chi connectivity index (χ1n) is 7.64. The largest absolute Gasteiger partial charge is 0.497 e. The van der Waals surface area contributed by atoms with Crippen LogP contribution in [0.4, 0.5) is 17.6 Å². The van der Waals surface area contributed by atoms with Gasteiger partial charge < -0.3 is 24.6 Å². The van der Waals surface area contributed by atoms with Crippen molar-refractivity contribution in [3.63, 3.8) is 0 Å². The monoisotopic (exact) mass is 342 g/mol. The molecule has 2 N–H and O–H groups in total. The first kappa shape index (κ1) is 16.5. The first-order chi connectivity index (χ1) is 12.2. The number of hydrogen-bond acceptors (Lipinski definition) is 9. The van der Waals surface area contributed by atoms with Gasteiger partial charge in [0.2, 0.25) is 5.95 Å². The van der Waals surface area contributed by atoms with Gasteiger partial charge in [-0.05, 0) is 31.2 Å². The van der Waals surface area contributed by atoms with Crippen molar-refractivity contribution in [2.24, 2.45) is 0 Å². The molecule has 0 aliphatic heterocycles. The standard InChI is InChI=1S/C16H18N6O3/c1-11-9-14(22-25-11)19-15-10-18-21-16(20-15)17-7-8-24-13-5-3-12(23-2)4-6-13/h3-6,9-10H,7-8H2,1-2H3,(H2,17,19,20,21,22). The lowest BCUT2D eigenvalue weighted by atomic mass is 10.3. The Kier molecular flexibility index (Phi) is 5.25. The zero-order valence-corrected chi connectivity index (χ0v) is 13.9. The van der Waals surface area contributed by atoms with Gasteiger partial charge in [-0.1, -0.05) is 5.16 Å². The molecular weight excluding hydrogens is 324 g/mol. The smallest absolute Gasteiger partial charge is 0.244 e. The fraction of sp³-hybridized carbons (Fsp3) is 0.250. The van der Waals surface area contributed by atoms with Gasteiger partial charge in [-0.3, -0.25) is 0 Å². The Morgan fingerprint density at radius 1 is 1.12 bits per heavy atom. The number of benzene rings is 1. The lowest BCUT2D eigenvalue weighted by Crippen LogP contribution is -2.14. The van der Waals surface area contributed by atoms with Crippen molar-refractivity contribution in [1.82, 2.24) is 20.3 Å². The Morgan fingerprint density at radius 2 is 1.92 bits per heavy atom. The number of nitrogens with zero attached hydrogens (tertiary/aromatic N) is 4. The van der Waals surface area contributed by atoms with Gasteiger partial charge in [-0.15, -0.1) is 5.10 Å². The maximum atomic E-state index is 5.62. The fourth-order valence-electron chi connectivity index (χ4n) is 2.00. The Balaban J connectivity index is 1.47. The van der Waals surface area contributed by atoms with Gasteiger partial charge in [0.15, 0.2) is 11.6 Å². The minimum absolute atomic E-state index is 0.392. The highest BCUT2D eigenvalue weighted by molar-refractivity contribution is 5.51. The Morgan fingerprint density at radius 3 is 2.64 bits per heavy atom. The number of ether oxygens (including phenoxy) is 2. The van der Waals surface area contributed by atoms with Gasteiger partial charge in [0.05, 0.1) is 19.9 Å². The molecular formula is C16H18N6O3. The fourth-order valence-corrected chi connectivity index (χ4v) is 2.00. The molecule has 2 heterocycles. The first-order valence-corrected chi connectivity index (χ1v) is 7.64. The summed E-state index contributed by atoms with van der Waals surface area (Å²) in [5.74, 6) is 3.73. The van der Waals surface area contributed by atoms with Crippen LogP contribution in [-0.2, 0) is 0 Å². The average molecular weight is 342 g/mol. The minimum Gasteiger partial charge on any atom is -0.497 e. The van der Waals surface area contributed by atoms with Crippen molar-refractivity contribution in [1.29, 1.82) is 0 Å². The van der Waals surface area contributed by atoms with Crippen molar-refractivity contribution in [2.75, 3.05) is 30.9 Å². The second-order valence-electron chi connectivity index (χ2n) is 5.06. The summed E-state index contributed by atoms with van der Waals surface area (Å²) in [5, 5.41) is 17.7. The summed E-state index contributed by atoms with van der Waals surface area (Å²) in [4.78, 5) is 4.29. The van der Waals surface area contributed by atoms with Crippen molar-refractivity contribution in [3.8, 4) is 11.5 Å². The third-order valence-electron chi connectivity index (χ3n) is 3.16. The molecule has 0 unspecified atom stereocenters. The minimum atomic E-state index is 0.392. The summed E-state index contributed by atoms with van der Waals surface area (Å²) < 4.78 is 15.7. The van der Waals surface area contributed by atoms with Crippen LogP contribution in [-0.4, -0.2) is 40.6 Å². The van der Waals surface area contributed by atoms with Crippen molar-refractivity contribution >= 4 is 17.6 Å². The highest BCUT2D eigenvalue weighted by Gasteiger charge is 2.04. The molecule has 0 amide bonds. The van der Waals surface area contributed by atoms with Gasteiger partial charge in [0.1, 0.15) is 23.9 Å². The van der Waals surface area contributed by atoms with Gasteiger partial charge >= 0.3 is 0 Å². The quantitative estimate of drug-likeness (QED) is 0.597. The molecule has 0 saturated heterocycles. The van der Waals surface area contributed by atoms with E-state index >= 15 is 0 Å². The van der Waals surface area contributed by atoms with Crippen LogP contribution in [0.1, 0.15) is 5.76 Å². The number of aromatic nitrogens is 4. The predicted molar refractivity (Wildman–Crippen MR) is 91.3 cm³/mol. The molecule has 0 radical (unpaired) electrons. The third kappa shape index (κ3) is 4.80. The summed E-state index contributed by atoms with van der Waals surface area (Å²) in [6.45, 7) is 2.79. The van der Waals surface area contributed by atoms with E-state index in [-0.39, 0.29) is 0 Å². The number of aryl methyl sites for hydroxylation is 1. The van der Waals surface area contributed by atoms with Crippen LogP contribution in [0, 0.1) is 6.92 Å². The highest BCUT2D eigenvalue weighted by Crippen LogP contribution is 2.17. The molecule has 9 nitrogen and oxygen atoms in total. The van der Waals surface area contributed by atoms with E-state index in [1.807, 2.05) is 31.2 Å². The number of hydrogen-bond donors (Lipinski definition) is 2. The Hall–Kier alpha value is -3.36. The molecule has 0 bridgehead atoms. The molecule has 0 aliphatic rings. The highest BCUT2D eigenvalue weighted by atomic mass is 16.5. The molecule has 0 atom stereocenters. The van der Waals surface area contributed by atoms with Crippen LogP contribution in [0.3, 0.4) is 0 Å². The zero-order chi connectivity index (χ0) is 17.5. The van der Waals surface area contributed by atoms with E-state index in [1.165, 1.54) is 6.20 Å². The summed E-state index contributed by atoms with van der Waals surface area (Å²) >= 11 is 0.